The monoisotopic (exact) mass is 341 g/mol. The van der Waals surface area contributed by atoms with Crippen LogP contribution in [0.5, 0.6) is 11.5 Å². The van der Waals surface area contributed by atoms with Crippen molar-refractivity contribution in [3.05, 3.63) is 48.2 Å². The standard InChI is InChI=1S/C19H23N3O3/c1-3-25-17-14-15(7-8-16(17)24-2)19(23)22-12-10-21(11-13-22)18-6-4-5-9-20-18/h4-9,14H,3,10-13H2,1-2H3. The second-order valence-corrected chi connectivity index (χ2v) is 5.77. The summed E-state index contributed by atoms with van der Waals surface area (Å²) in [7, 11) is 1.59. The molecule has 0 aliphatic carbocycles. The molecule has 2 aromatic rings. The number of rotatable bonds is 5. The zero-order valence-electron chi connectivity index (χ0n) is 14.6. The highest BCUT2D eigenvalue weighted by Gasteiger charge is 2.23. The van der Waals surface area contributed by atoms with E-state index in [1.54, 1.807) is 31.5 Å². The number of carbonyl (C=O) groups excluding carboxylic acids is 1. The third kappa shape index (κ3) is 3.84. The van der Waals surface area contributed by atoms with E-state index >= 15 is 0 Å². The van der Waals surface area contributed by atoms with E-state index in [0.717, 1.165) is 18.9 Å². The molecule has 1 aromatic carbocycles. The summed E-state index contributed by atoms with van der Waals surface area (Å²) in [6.45, 7) is 5.33. The molecule has 1 aliphatic heterocycles. The first-order chi connectivity index (χ1) is 12.2. The number of pyridine rings is 1. The fraction of sp³-hybridized carbons (Fsp3) is 0.368. The Kier molecular flexibility index (Phi) is 5.38. The maximum absolute atomic E-state index is 12.8. The summed E-state index contributed by atoms with van der Waals surface area (Å²) in [4.78, 5) is 21.2. The molecule has 0 atom stereocenters. The number of anilines is 1. The molecule has 1 aromatic heterocycles. The van der Waals surface area contributed by atoms with Gasteiger partial charge in [0.05, 0.1) is 13.7 Å². The van der Waals surface area contributed by atoms with Gasteiger partial charge in [0.25, 0.3) is 5.91 Å². The summed E-state index contributed by atoms with van der Waals surface area (Å²) in [5.74, 6) is 2.21. The molecule has 0 saturated carbocycles. The number of carbonyl (C=O) groups is 1. The molecule has 1 amide bonds. The summed E-state index contributed by atoms with van der Waals surface area (Å²) >= 11 is 0. The number of amides is 1. The number of hydrogen-bond acceptors (Lipinski definition) is 5. The topological polar surface area (TPSA) is 54.9 Å². The Morgan fingerprint density at radius 3 is 2.56 bits per heavy atom. The van der Waals surface area contributed by atoms with Crippen LogP contribution >= 0.6 is 0 Å². The fourth-order valence-electron chi connectivity index (χ4n) is 2.94. The molecule has 0 N–H and O–H groups in total. The van der Waals surface area contributed by atoms with Crippen LogP contribution in [0.3, 0.4) is 0 Å². The number of benzene rings is 1. The van der Waals surface area contributed by atoms with Gasteiger partial charge in [-0.2, -0.15) is 0 Å². The molecule has 132 valence electrons. The first-order valence-electron chi connectivity index (χ1n) is 8.49. The summed E-state index contributed by atoms with van der Waals surface area (Å²) < 4.78 is 10.8. The highest BCUT2D eigenvalue weighted by Crippen LogP contribution is 2.28. The minimum Gasteiger partial charge on any atom is -0.493 e. The summed E-state index contributed by atoms with van der Waals surface area (Å²) in [5.41, 5.74) is 0.621. The molecular formula is C19H23N3O3. The van der Waals surface area contributed by atoms with Crippen LogP contribution in [-0.4, -0.2) is 55.7 Å². The number of piperazine rings is 1. The lowest BCUT2D eigenvalue weighted by molar-refractivity contribution is 0.0746. The van der Waals surface area contributed by atoms with Crippen molar-refractivity contribution < 1.29 is 14.3 Å². The predicted molar refractivity (Wildman–Crippen MR) is 96.5 cm³/mol. The van der Waals surface area contributed by atoms with Crippen molar-refractivity contribution in [1.82, 2.24) is 9.88 Å². The van der Waals surface area contributed by atoms with E-state index in [2.05, 4.69) is 9.88 Å². The Hall–Kier alpha value is -2.76. The number of nitrogens with zero attached hydrogens (tertiary/aromatic N) is 3. The fourth-order valence-corrected chi connectivity index (χ4v) is 2.94. The Morgan fingerprint density at radius 1 is 1.12 bits per heavy atom. The molecular weight excluding hydrogens is 318 g/mol. The normalized spacial score (nSPS) is 14.3. The maximum Gasteiger partial charge on any atom is 0.254 e. The molecule has 25 heavy (non-hydrogen) atoms. The molecule has 0 unspecified atom stereocenters. The smallest absolute Gasteiger partial charge is 0.254 e. The third-order valence-electron chi connectivity index (χ3n) is 4.25. The lowest BCUT2D eigenvalue weighted by atomic mass is 10.1. The lowest BCUT2D eigenvalue weighted by Crippen LogP contribution is -2.49. The maximum atomic E-state index is 12.8. The lowest BCUT2D eigenvalue weighted by Gasteiger charge is -2.35. The molecule has 1 fully saturated rings. The van der Waals surface area contributed by atoms with Gasteiger partial charge in [-0.1, -0.05) is 6.07 Å². The van der Waals surface area contributed by atoms with Crippen molar-refractivity contribution in [2.75, 3.05) is 44.8 Å². The van der Waals surface area contributed by atoms with Crippen LogP contribution in [0.4, 0.5) is 5.82 Å². The predicted octanol–water partition coefficient (Wildman–Crippen LogP) is 2.45. The van der Waals surface area contributed by atoms with E-state index in [4.69, 9.17) is 9.47 Å². The summed E-state index contributed by atoms with van der Waals surface area (Å²) in [6.07, 6.45) is 1.79. The van der Waals surface area contributed by atoms with Crippen LogP contribution in [0.25, 0.3) is 0 Å². The molecule has 0 bridgehead atoms. The molecule has 6 heteroatoms. The van der Waals surface area contributed by atoms with Crippen molar-refractivity contribution in [2.45, 2.75) is 6.92 Å². The highest BCUT2D eigenvalue weighted by atomic mass is 16.5. The van der Waals surface area contributed by atoms with Gasteiger partial charge >= 0.3 is 0 Å². The largest absolute Gasteiger partial charge is 0.493 e. The van der Waals surface area contributed by atoms with Gasteiger partial charge in [0, 0.05) is 37.9 Å². The van der Waals surface area contributed by atoms with E-state index < -0.39 is 0 Å². The van der Waals surface area contributed by atoms with Crippen molar-refractivity contribution in [1.29, 1.82) is 0 Å². The van der Waals surface area contributed by atoms with Gasteiger partial charge < -0.3 is 19.3 Å². The Bertz CT molecular complexity index is 713. The van der Waals surface area contributed by atoms with Crippen LogP contribution in [-0.2, 0) is 0 Å². The van der Waals surface area contributed by atoms with Crippen molar-refractivity contribution >= 4 is 11.7 Å². The number of aromatic nitrogens is 1. The second kappa shape index (κ2) is 7.88. The quantitative estimate of drug-likeness (QED) is 0.836. The van der Waals surface area contributed by atoms with E-state index in [1.165, 1.54) is 0 Å². The molecule has 1 saturated heterocycles. The first kappa shape index (κ1) is 17.1. The molecule has 6 nitrogen and oxygen atoms in total. The average Bonchev–Trinajstić information content (AvgIpc) is 2.68. The van der Waals surface area contributed by atoms with Gasteiger partial charge in [0.15, 0.2) is 11.5 Å². The van der Waals surface area contributed by atoms with Gasteiger partial charge in [0.2, 0.25) is 0 Å². The van der Waals surface area contributed by atoms with Crippen LogP contribution in [0.1, 0.15) is 17.3 Å². The van der Waals surface area contributed by atoms with E-state index in [1.807, 2.05) is 30.0 Å². The highest BCUT2D eigenvalue weighted by molar-refractivity contribution is 5.95. The minimum atomic E-state index is 0.0178. The molecule has 2 heterocycles. The van der Waals surface area contributed by atoms with Gasteiger partial charge in [-0.05, 0) is 37.3 Å². The Balaban J connectivity index is 1.67. The minimum absolute atomic E-state index is 0.0178. The zero-order chi connectivity index (χ0) is 17.6. The summed E-state index contributed by atoms with van der Waals surface area (Å²) in [5, 5.41) is 0. The van der Waals surface area contributed by atoms with Crippen LogP contribution in [0.2, 0.25) is 0 Å². The SMILES string of the molecule is CCOc1cc(C(=O)N2CCN(c3ccccn3)CC2)ccc1OC. The summed E-state index contributed by atoms with van der Waals surface area (Å²) in [6, 6.07) is 11.2. The molecule has 0 radical (unpaired) electrons. The average molecular weight is 341 g/mol. The van der Waals surface area contributed by atoms with Crippen LogP contribution in [0.15, 0.2) is 42.6 Å². The molecule has 3 rings (SSSR count). The second-order valence-electron chi connectivity index (χ2n) is 5.77. The van der Waals surface area contributed by atoms with Gasteiger partial charge in [0.1, 0.15) is 5.82 Å². The Morgan fingerprint density at radius 2 is 1.92 bits per heavy atom. The first-order valence-corrected chi connectivity index (χ1v) is 8.49. The van der Waals surface area contributed by atoms with Crippen molar-refractivity contribution in [2.24, 2.45) is 0 Å². The van der Waals surface area contributed by atoms with Crippen LogP contribution in [0, 0.1) is 0 Å². The van der Waals surface area contributed by atoms with Crippen molar-refractivity contribution in [3.8, 4) is 11.5 Å². The van der Waals surface area contributed by atoms with Crippen molar-refractivity contribution in [3.63, 3.8) is 0 Å². The number of methoxy groups -OCH3 is 1. The van der Waals surface area contributed by atoms with Crippen LogP contribution < -0.4 is 14.4 Å². The van der Waals surface area contributed by atoms with E-state index in [9.17, 15) is 4.79 Å². The zero-order valence-corrected chi connectivity index (χ0v) is 14.6. The number of ether oxygens (including phenoxy) is 2. The van der Waals surface area contributed by atoms with E-state index in [-0.39, 0.29) is 5.91 Å². The van der Waals surface area contributed by atoms with Gasteiger partial charge in [-0.25, -0.2) is 4.98 Å². The van der Waals surface area contributed by atoms with E-state index in [0.29, 0.717) is 36.8 Å². The number of hydrogen-bond donors (Lipinski definition) is 0. The third-order valence-corrected chi connectivity index (χ3v) is 4.25. The molecule has 0 spiro atoms. The van der Waals surface area contributed by atoms with Gasteiger partial charge in [-0.3, -0.25) is 4.79 Å². The Labute approximate surface area is 148 Å². The van der Waals surface area contributed by atoms with Gasteiger partial charge in [-0.15, -0.1) is 0 Å². The molecule has 1 aliphatic rings.